The first-order chi connectivity index (χ1) is 6.00. The van der Waals surface area contributed by atoms with Crippen molar-refractivity contribution in [2.24, 2.45) is 11.7 Å². The number of nitrogens with two attached hydrogens (primary N) is 1. The van der Waals surface area contributed by atoms with Gasteiger partial charge in [0.25, 0.3) is 0 Å². The summed E-state index contributed by atoms with van der Waals surface area (Å²) in [5.41, 5.74) is 5.37. The highest BCUT2D eigenvalue weighted by atomic mass is 16.4. The van der Waals surface area contributed by atoms with Gasteiger partial charge in [-0.2, -0.15) is 0 Å². The Morgan fingerprint density at radius 1 is 1.54 bits per heavy atom. The fourth-order valence-electron chi connectivity index (χ4n) is 1.14. The van der Waals surface area contributed by atoms with Gasteiger partial charge < -0.3 is 15.9 Å². The molecule has 4 N–H and O–H groups in total. The number of aliphatic hydroxyl groups is 1. The van der Waals surface area contributed by atoms with Crippen LogP contribution in [0.25, 0.3) is 0 Å². The normalized spacial score (nSPS) is 17.8. The maximum Gasteiger partial charge on any atom is 0.320 e. The van der Waals surface area contributed by atoms with Crippen LogP contribution >= 0.6 is 0 Å². The van der Waals surface area contributed by atoms with Crippen LogP contribution in [0.2, 0.25) is 0 Å². The summed E-state index contributed by atoms with van der Waals surface area (Å²) in [6, 6.07) is -0.966. The largest absolute Gasteiger partial charge is 0.480 e. The summed E-state index contributed by atoms with van der Waals surface area (Å²) in [5.74, 6) is -1.44. The van der Waals surface area contributed by atoms with Crippen LogP contribution in [0.15, 0.2) is 0 Å². The van der Waals surface area contributed by atoms with Gasteiger partial charge in [0.05, 0.1) is 6.10 Å². The molecule has 0 saturated heterocycles. The molecule has 0 rings (SSSR count). The van der Waals surface area contributed by atoms with Crippen molar-refractivity contribution in [1.29, 1.82) is 0 Å². The van der Waals surface area contributed by atoms with E-state index < -0.39 is 18.1 Å². The second kappa shape index (κ2) is 5.94. The minimum absolute atomic E-state index is 0.385. The topological polar surface area (TPSA) is 83.5 Å². The number of rotatable bonds is 6. The minimum atomic E-state index is -1.05. The van der Waals surface area contributed by atoms with E-state index in [-0.39, 0.29) is 5.92 Å². The van der Waals surface area contributed by atoms with Gasteiger partial charge in [0.2, 0.25) is 0 Å². The van der Waals surface area contributed by atoms with Crippen molar-refractivity contribution >= 4 is 5.97 Å². The summed E-state index contributed by atoms with van der Waals surface area (Å²) in [6.07, 6.45) is 1.91. The van der Waals surface area contributed by atoms with Crippen molar-refractivity contribution in [3.05, 3.63) is 0 Å². The lowest BCUT2D eigenvalue weighted by Crippen LogP contribution is -2.42. The first-order valence-electron chi connectivity index (χ1n) is 4.67. The highest BCUT2D eigenvalue weighted by Gasteiger charge is 2.25. The molecule has 0 heterocycles. The van der Waals surface area contributed by atoms with Gasteiger partial charge in [-0.15, -0.1) is 0 Å². The monoisotopic (exact) mass is 189 g/mol. The molecule has 0 radical (unpaired) electrons. The first-order valence-corrected chi connectivity index (χ1v) is 4.67. The van der Waals surface area contributed by atoms with E-state index in [4.69, 9.17) is 10.8 Å². The molecule has 0 aliphatic heterocycles. The first kappa shape index (κ1) is 12.4. The van der Waals surface area contributed by atoms with Gasteiger partial charge in [-0.25, -0.2) is 0 Å². The van der Waals surface area contributed by atoms with Gasteiger partial charge in [-0.1, -0.05) is 26.7 Å². The average molecular weight is 189 g/mol. The lowest BCUT2D eigenvalue weighted by Gasteiger charge is -2.21. The zero-order valence-electron chi connectivity index (χ0n) is 8.23. The van der Waals surface area contributed by atoms with E-state index in [9.17, 15) is 9.90 Å². The number of aliphatic hydroxyl groups excluding tert-OH is 1. The number of hydrogen-bond acceptors (Lipinski definition) is 3. The van der Waals surface area contributed by atoms with Gasteiger partial charge >= 0.3 is 5.97 Å². The Labute approximate surface area is 78.7 Å². The summed E-state index contributed by atoms with van der Waals surface area (Å²) >= 11 is 0. The van der Waals surface area contributed by atoms with Crippen molar-refractivity contribution in [2.75, 3.05) is 0 Å². The molecule has 13 heavy (non-hydrogen) atoms. The maximum absolute atomic E-state index is 10.5. The lowest BCUT2D eigenvalue weighted by atomic mass is 9.93. The van der Waals surface area contributed by atoms with Gasteiger partial charge in [0.1, 0.15) is 6.04 Å². The van der Waals surface area contributed by atoms with Crippen LogP contribution < -0.4 is 5.73 Å². The number of aliphatic carboxylic acids is 1. The molecule has 0 aromatic rings. The predicted octanol–water partition coefficient (Wildman–Crippen LogP) is 0.585. The second-order valence-corrected chi connectivity index (χ2v) is 3.43. The Bertz CT molecular complexity index is 161. The quantitative estimate of drug-likeness (QED) is 0.571. The molecule has 0 aliphatic rings. The Morgan fingerprint density at radius 3 is 2.46 bits per heavy atom. The fourth-order valence-corrected chi connectivity index (χ4v) is 1.14. The third-order valence-electron chi connectivity index (χ3n) is 2.31. The van der Waals surface area contributed by atoms with Crippen LogP contribution in [0.5, 0.6) is 0 Å². The number of unbranched alkanes of at least 4 members (excludes halogenated alkanes) is 1. The van der Waals surface area contributed by atoms with Crippen LogP contribution in [-0.2, 0) is 4.79 Å². The molecule has 0 bridgehead atoms. The van der Waals surface area contributed by atoms with E-state index in [2.05, 4.69) is 0 Å². The maximum atomic E-state index is 10.5. The van der Waals surface area contributed by atoms with Crippen molar-refractivity contribution in [1.82, 2.24) is 0 Å². The molecule has 0 aromatic carbocycles. The molecule has 78 valence electrons. The van der Waals surface area contributed by atoms with E-state index in [0.29, 0.717) is 6.42 Å². The van der Waals surface area contributed by atoms with Crippen LogP contribution in [0.3, 0.4) is 0 Å². The highest BCUT2D eigenvalue weighted by molar-refractivity contribution is 5.73. The Kier molecular flexibility index (Phi) is 5.66. The van der Waals surface area contributed by atoms with Gasteiger partial charge in [-0.3, -0.25) is 4.79 Å². The van der Waals surface area contributed by atoms with Crippen LogP contribution in [0.1, 0.15) is 33.1 Å². The summed E-state index contributed by atoms with van der Waals surface area (Å²) in [7, 11) is 0. The smallest absolute Gasteiger partial charge is 0.320 e. The standard InChI is InChI=1S/C9H19NO3/c1-3-4-5-7(11)6(2)8(10)9(12)13/h6-8,11H,3-5,10H2,1-2H3,(H,12,13)/t6?,7-,8+/m1/s1. The predicted molar refractivity (Wildman–Crippen MR) is 50.3 cm³/mol. The molecular weight excluding hydrogens is 170 g/mol. The van der Waals surface area contributed by atoms with E-state index in [0.717, 1.165) is 12.8 Å². The lowest BCUT2D eigenvalue weighted by molar-refractivity contribution is -0.140. The summed E-state index contributed by atoms with van der Waals surface area (Å²) in [4.78, 5) is 10.5. The van der Waals surface area contributed by atoms with Gasteiger partial charge in [0, 0.05) is 5.92 Å². The van der Waals surface area contributed by atoms with E-state index in [1.54, 1.807) is 6.92 Å². The summed E-state index contributed by atoms with van der Waals surface area (Å²) in [6.45, 7) is 3.69. The summed E-state index contributed by atoms with van der Waals surface area (Å²) < 4.78 is 0. The minimum Gasteiger partial charge on any atom is -0.480 e. The SMILES string of the molecule is CCCC[C@@H](O)C(C)[C@H](N)C(=O)O. The molecule has 0 saturated carbocycles. The molecule has 3 atom stereocenters. The van der Waals surface area contributed by atoms with Crippen molar-refractivity contribution in [3.63, 3.8) is 0 Å². The third-order valence-corrected chi connectivity index (χ3v) is 2.31. The molecule has 0 fully saturated rings. The molecule has 4 heteroatoms. The zero-order chi connectivity index (χ0) is 10.4. The second-order valence-electron chi connectivity index (χ2n) is 3.43. The van der Waals surface area contributed by atoms with Gasteiger partial charge in [0.15, 0.2) is 0 Å². The molecular formula is C9H19NO3. The molecule has 1 unspecified atom stereocenters. The van der Waals surface area contributed by atoms with E-state index in [1.165, 1.54) is 0 Å². The zero-order valence-corrected chi connectivity index (χ0v) is 8.23. The fraction of sp³-hybridized carbons (Fsp3) is 0.889. The van der Waals surface area contributed by atoms with Crippen LogP contribution in [-0.4, -0.2) is 28.3 Å². The number of hydrogen-bond donors (Lipinski definition) is 3. The number of carbonyl (C=O) groups is 1. The molecule has 0 amide bonds. The van der Waals surface area contributed by atoms with Crippen molar-refractivity contribution in [2.45, 2.75) is 45.3 Å². The molecule has 0 aliphatic carbocycles. The molecule has 0 spiro atoms. The highest BCUT2D eigenvalue weighted by Crippen LogP contribution is 2.13. The Morgan fingerprint density at radius 2 is 2.08 bits per heavy atom. The average Bonchev–Trinajstić information content (AvgIpc) is 2.11. The summed E-state index contributed by atoms with van der Waals surface area (Å²) in [5, 5.41) is 18.1. The van der Waals surface area contributed by atoms with Crippen molar-refractivity contribution < 1.29 is 15.0 Å². The number of carboxylic acids is 1. The molecule has 4 nitrogen and oxygen atoms in total. The Balaban J connectivity index is 3.93. The van der Waals surface area contributed by atoms with E-state index >= 15 is 0 Å². The van der Waals surface area contributed by atoms with Crippen LogP contribution in [0.4, 0.5) is 0 Å². The van der Waals surface area contributed by atoms with E-state index in [1.807, 2.05) is 6.92 Å². The Hall–Kier alpha value is -0.610. The molecule has 0 aromatic heterocycles. The third kappa shape index (κ3) is 4.24. The van der Waals surface area contributed by atoms with Crippen molar-refractivity contribution in [3.8, 4) is 0 Å². The van der Waals surface area contributed by atoms with Crippen LogP contribution in [0, 0.1) is 5.92 Å². The number of carboxylic acid groups (broad SMARTS) is 1. The van der Waals surface area contributed by atoms with Gasteiger partial charge in [-0.05, 0) is 6.42 Å².